The molecule has 1 aromatic rings. The number of amides is 2. The fraction of sp³-hybridized carbons (Fsp3) is 0.650. The number of fused-ring (bicyclic) bond motifs is 1. The zero-order chi connectivity index (χ0) is 19.8. The van der Waals surface area contributed by atoms with E-state index >= 15 is 0 Å². The quantitative estimate of drug-likeness (QED) is 0.329. The van der Waals surface area contributed by atoms with Crippen LogP contribution in [-0.4, -0.2) is 51.2 Å². The number of carbonyl (C=O) groups excluding carboxylic acids is 1. The first-order valence-electron chi connectivity index (χ1n) is 10.4. The maximum absolute atomic E-state index is 12.5. The van der Waals surface area contributed by atoms with E-state index in [1.165, 1.54) is 11.1 Å². The molecule has 2 heterocycles. The van der Waals surface area contributed by atoms with Gasteiger partial charge in [-0.05, 0) is 82.5 Å². The molecule has 7 N–H and O–H groups in total. The Morgan fingerprint density at radius 2 is 2.04 bits per heavy atom. The van der Waals surface area contributed by atoms with Crippen molar-refractivity contribution in [3.8, 4) is 0 Å². The summed E-state index contributed by atoms with van der Waals surface area (Å²) in [7, 11) is 1.98. The van der Waals surface area contributed by atoms with E-state index in [0.29, 0.717) is 6.04 Å². The third-order valence-corrected chi connectivity index (χ3v) is 5.28. The maximum atomic E-state index is 12.5. The van der Waals surface area contributed by atoms with Crippen LogP contribution in [0.3, 0.4) is 0 Å². The second kappa shape index (κ2) is 10.7. The van der Waals surface area contributed by atoms with E-state index < -0.39 is 0 Å². The second-order valence-corrected chi connectivity index (χ2v) is 7.73. The van der Waals surface area contributed by atoms with Gasteiger partial charge in [0.25, 0.3) is 0 Å². The van der Waals surface area contributed by atoms with E-state index in [0.717, 1.165) is 57.5 Å². The Kier molecular flexibility index (Phi) is 8.05. The highest BCUT2D eigenvalue weighted by Gasteiger charge is 2.25. The lowest BCUT2D eigenvalue weighted by molar-refractivity contribution is 0.193. The average molecular weight is 390 g/mol. The minimum atomic E-state index is -0.264. The fourth-order valence-corrected chi connectivity index (χ4v) is 3.81. The van der Waals surface area contributed by atoms with Gasteiger partial charge < -0.3 is 26.6 Å². The molecule has 2 amide bonds. The van der Waals surface area contributed by atoms with Crippen molar-refractivity contribution in [1.82, 2.24) is 31.9 Å². The number of anilines is 1. The zero-order valence-electron chi connectivity index (χ0n) is 17.0. The molecule has 3 rings (SSSR count). The molecule has 1 aromatic carbocycles. The lowest BCUT2D eigenvalue weighted by atomic mass is 10.0. The summed E-state index contributed by atoms with van der Waals surface area (Å²) in [6.07, 6.45) is 4.19. The fourth-order valence-electron chi connectivity index (χ4n) is 3.81. The lowest BCUT2D eigenvalue weighted by Gasteiger charge is -2.37. The van der Waals surface area contributed by atoms with E-state index in [2.05, 4.69) is 56.3 Å². The minimum Gasteiger partial charge on any atom is -0.320 e. The van der Waals surface area contributed by atoms with Crippen LogP contribution in [0, 0.1) is 0 Å². The van der Waals surface area contributed by atoms with Crippen molar-refractivity contribution < 1.29 is 4.79 Å². The molecule has 0 saturated carbocycles. The number of rotatable bonds is 8. The van der Waals surface area contributed by atoms with E-state index in [1.54, 1.807) is 0 Å². The topological polar surface area (TPSA) is 101 Å². The molecule has 2 aliphatic rings. The highest BCUT2D eigenvalue weighted by Crippen LogP contribution is 2.19. The largest absolute Gasteiger partial charge is 0.321 e. The highest BCUT2D eigenvalue weighted by atomic mass is 16.2. The Hall–Kier alpha value is -1.71. The van der Waals surface area contributed by atoms with Gasteiger partial charge in [0.15, 0.2) is 0 Å². The normalized spacial score (nSPS) is 24.4. The van der Waals surface area contributed by atoms with Gasteiger partial charge in [0.05, 0.1) is 6.17 Å². The molecule has 0 aliphatic carbocycles. The molecule has 0 aromatic heterocycles. The van der Waals surface area contributed by atoms with Crippen LogP contribution in [0.4, 0.5) is 10.5 Å². The molecule has 8 heteroatoms. The molecule has 0 spiro atoms. The van der Waals surface area contributed by atoms with Gasteiger partial charge in [-0.3, -0.25) is 10.6 Å². The van der Waals surface area contributed by atoms with Crippen LogP contribution in [0.15, 0.2) is 18.2 Å². The van der Waals surface area contributed by atoms with Crippen molar-refractivity contribution >= 4 is 11.7 Å². The summed E-state index contributed by atoms with van der Waals surface area (Å²) in [6.45, 7) is 6.04. The van der Waals surface area contributed by atoms with Crippen molar-refractivity contribution in [3.05, 3.63) is 29.3 Å². The summed E-state index contributed by atoms with van der Waals surface area (Å²) in [6, 6.07) is 6.24. The molecule has 3 atom stereocenters. The number of benzene rings is 1. The molecular formula is C20H35N7O. The number of nitrogens with one attached hydrogen (secondary N) is 7. The third kappa shape index (κ3) is 6.42. The highest BCUT2D eigenvalue weighted by molar-refractivity contribution is 5.89. The zero-order valence-corrected chi connectivity index (χ0v) is 17.0. The Labute approximate surface area is 168 Å². The van der Waals surface area contributed by atoms with Crippen LogP contribution in [0.1, 0.15) is 37.3 Å². The van der Waals surface area contributed by atoms with Gasteiger partial charge in [0, 0.05) is 18.3 Å². The summed E-state index contributed by atoms with van der Waals surface area (Å²) in [5, 5.41) is 22.8. The van der Waals surface area contributed by atoms with Crippen molar-refractivity contribution in [1.29, 1.82) is 0 Å². The first-order valence-corrected chi connectivity index (χ1v) is 10.4. The van der Waals surface area contributed by atoms with E-state index in [1.807, 2.05) is 13.1 Å². The van der Waals surface area contributed by atoms with Crippen molar-refractivity contribution in [3.63, 3.8) is 0 Å². The molecule has 8 nitrogen and oxygen atoms in total. The van der Waals surface area contributed by atoms with Gasteiger partial charge >= 0.3 is 6.03 Å². The Balaban J connectivity index is 1.45. The molecule has 28 heavy (non-hydrogen) atoms. The minimum absolute atomic E-state index is 0.187. The first-order chi connectivity index (χ1) is 13.6. The lowest BCUT2D eigenvalue weighted by Crippen LogP contribution is -2.67. The molecule has 1 saturated heterocycles. The Morgan fingerprint density at radius 1 is 1.18 bits per heavy atom. The predicted octanol–water partition coefficient (Wildman–Crippen LogP) is 0.624. The Morgan fingerprint density at radius 3 is 2.89 bits per heavy atom. The average Bonchev–Trinajstić information content (AvgIpc) is 2.67. The summed E-state index contributed by atoms with van der Waals surface area (Å²) < 4.78 is 0. The van der Waals surface area contributed by atoms with E-state index in [-0.39, 0.29) is 18.5 Å². The van der Waals surface area contributed by atoms with Gasteiger partial charge in [0.2, 0.25) is 0 Å². The van der Waals surface area contributed by atoms with E-state index in [9.17, 15) is 4.79 Å². The molecule has 2 aliphatic heterocycles. The first kappa shape index (κ1) is 21.0. The molecular weight excluding hydrogens is 354 g/mol. The summed E-state index contributed by atoms with van der Waals surface area (Å²) in [4.78, 5) is 12.5. The monoisotopic (exact) mass is 389 g/mol. The summed E-state index contributed by atoms with van der Waals surface area (Å²) in [5.41, 5.74) is 3.45. The number of carbonyl (C=O) groups is 1. The number of hydrogen-bond acceptors (Lipinski definition) is 6. The van der Waals surface area contributed by atoms with Gasteiger partial charge in [-0.2, -0.15) is 0 Å². The molecule has 0 bridgehead atoms. The number of urea groups is 1. The number of hydrogen-bond donors (Lipinski definition) is 7. The SMILES string of the molecule is CNCCCCNC1CC(C)NC(NC(=O)Nc2ccc3c(c2)CCNC3)N1. The van der Waals surface area contributed by atoms with Crippen molar-refractivity contribution in [2.45, 2.75) is 57.6 Å². The van der Waals surface area contributed by atoms with Gasteiger partial charge in [0.1, 0.15) is 6.29 Å². The molecule has 1 fully saturated rings. The second-order valence-electron chi connectivity index (χ2n) is 7.73. The van der Waals surface area contributed by atoms with Gasteiger partial charge in [-0.1, -0.05) is 6.07 Å². The van der Waals surface area contributed by atoms with Gasteiger partial charge in [-0.25, -0.2) is 4.79 Å². The van der Waals surface area contributed by atoms with Crippen LogP contribution >= 0.6 is 0 Å². The number of unbranched alkanes of at least 4 members (excludes halogenated alkanes) is 1. The third-order valence-electron chi connectivity index (χ3n) is 5.28. The molecule has 3 unspecified atom stereocenters. The van der Waals surface area contributed by atoms with Crippen LogP contribution in [0.5, 0.6) is 0 Å². The summed E-state index contributed by atoms with van der Waals surface area (Å²) in [5.74, 6) is 0. The maximum Gasteiger partial charge on any atom is 0.321 e. The predicted molar refractivity (Wildman–Crippen MR) is 113 cm³/mol. The van der Waals surface area contributed by atoms with Crippen LogP contribution in [0.2, 0.25) is 0 Å². The molecule has 0 radical (unpaired) electrons. The molecule has 156 valence electrons. The van der Waals surface area contributed by atoms with Crippen LogP contribution in [-0.2, 0) is 13.0 Å². The van der Waals surface area contributed by atoms with Crippen LogP contribution in [0.25, 0.3) is 0 Å². The van der Waals surface area contributed by atoms with Gasteiger partial charge in [-0.15, -0.1) is 0 Å². The van der Waals surface area contributed by atoms with Crippen molar-refractivity contribution in [2.24, 2.45) is 0 Å². The standard InChI is InChI=1S/C20H35N7O/c1-14-11-18(23-9-4-3-8-21-2)26-19(24-14)27-20(28)25-17-6-5-16-13-22-10-7-15(16)12-17/h5-6,12,14,18-19,21-24,26H,3-4,7-11,13H2,1-2H3,(H2,25,27,28). The smallest absolute Gasteiger partial charge is 0.320 e. The summed E-state index contributed by atoms with van der Waals surface area (Å²) >= 11 is 0. The Bertz CT molecular complexity index is 639. The van der Waals surface area contributed by atoms with Crippen molar-refractivity contribution in [2.75, 3.05) is 32.0 Å². The van der Waals surface area contributed by atoms with Crippen LogP contribution < -0.4 is 37.2 Å². The van der Waals surface area contributed by atoms with E-state index in [4.69, 9.17) is 0 Å².